The molecule has 1 aliphatic carbocycles. The molecule has 1 fully saturated rings. The zero-order valence-corrected chi connectivity index (χ0v) is 11.9. The molecular formula is C16H17FN2O2. The molecular weight excluding hydrogens is 271 g/mol. The highest BCUT2D eigenvalue weighted by molar-refractivity contribution is 5.85. The Kier molecular flexibility index (Phi) is 3.82. The highest BCUT2D eigenvalue weighted by atomic mass is 19.1. The zero-order valence-electron chi connectivity index (χ0n) is 11.9. The standard InChI is InChI=1S/C16H17FN2O2/c1-10-9-11(17)7-8-12(10)15-18-16(21-19-15)13-5-3-2-4-6-14(13)20/h7-9,13H,2-6H2,1H3. The molecule has 1 atom stereocenters. The Morgan fingerprint density at radius 2 is 2.14 bits per heavy atom. The second-order valence-corrected chi connectivity index (χ2v) is 5.53. The molecule has 110 valence electrons. The molecule has 1 unspecified atom stereocenters. The van der Waals surface area contributed by atoms with E-state index in [0.29, 0.717) is 18.1 Å². The van der Waals surface area contributed by atoms with Crippen LogP contribution in [0.25, 0.3) is 11.4 Å². The van der Waals surface area contributed by atoms with E-state index in [1.165, 1.54) is 12.1 Å². The Bertz CT molecular complexity index is 666. The third-order valence-corrected chi connectivity index (χ3v) is 3.97. The van der Waals surface area contributed by atoms with E-state index in [4.69, 9.17) is 4.52 Å². The lowest BCUT2D eigenvalue weighted by Crippen LogP contribution is -2.10. The van der Waals surface area contributed by atoms with Crippen LogP contribution in [0.2, 0.25) is 0 Å². The lowest BCUT2D eigenvalue weighted by molar-refractivity contribution is -0.120. The third-order valence-electron chi connectivity index (χ3n) is 3.97. The molecule has 2 aromatic rings. The van der Waals surface area contributed by atoms with Crippen molar-refractivity contribution in [3.8, 4) is 11.4 Å². The summed E-state index contributed by atoms with van der Waals surface area (Å²) in [6.07, 6.45) is 4.36. The Labute approximate surface area is 122 Å². The van der Waals surface area contributed by atoms with Crippen molar-refractivity contribution in [3.63, 3.8) is 0 Å². The second-order valence-electron chi connectivity index (χ2n) is 5.53. The lowest BCUT2D eigenvalue weighted by Gasteiger charge is -2.06. The van der Waals surface area contributed by atoms with Crippen LogP contribution < -0.4 is 0 Å². The molecule has 1 heterocycles. The van der Waals surface area contributed by atoms with Gasteiger partial charge in [-0.15, -0.1) is 0 Å². The van der Waals surface area contributed by atoms with Crippen molar-refractivity contribution in [2.24, 2.45) is 0 Å². The van der Waals surface area contributed by atoms with Crippen molar-refractivity contribution in [3.05, 3.63) is 35.5 Å². The van der Waals surface area contributed by atoms with Gasteiger partial charge >= 0.3 is 0 Å². The smallest absolute Gasteiger partial charge is 0.237 e. The first-order valence-electron chi connectivity index (χ1n) is 7.28. The number of nitrogens with zero attached hydrogens (tertiary/aromatic N) is 2. The minimum Gasteiger partial charge on any atom is -0.338 e. The van der Waals surface area contributed by atoms with Crippen molar-refractivity contribution in [2.45, 2.75) is 44.9 Å². The van der Waals surface area contributed by atoms with E-state index < -0.39 is 0 Å². The molecule has 4 nitrogen and oxygen atoms in total. The number of halogens is 1. The summed E-state index contributed by atoms with van der Waals surface area (Å²) in [6.45, 7) is 1.80. The molecule has 1 saturated carbocycles. The molecule has 0 spiro atoms. The summed E-state index contributed by atoms with van der Waals surface area (Å²) in [5.74, 6) is 0.409. The third kappa shape index (κ3) is 2.86. The van der Waals surface area contributed by atoms with Crippen LogP contribution in [0.15, 0.2) is 22.7 Å². The van der Waals surface area contributed by atoms with Crippen LogP contribution in [-0.2, 0) is 4.79 Å². The van der Waals surface area contributed by atoms with Gasteiger partial charge in [0, 0.05) is 12.0 Å². The number of hydrogen-bond donors (Lipinski definition) is 0. The number of carbonyl (C=O) groups is 1. The Morgan fingerprint density at radius 3 is 2.95 bits per heavy atom. The molecule has 0 saturated heterocycles. The number of benzene rings is 1. The minimum absolute atomic E-state index is 0.179. The van der Waals surface area contributed by atoms with Gasteiger partial charge in [-0.25, -0.2) is 4.39 Å². The highest BCUT2D eigenvalue weighted by Crippen LogP contribution is 2.30. The van der Waals surface area contributed by atoms with Crippen LogP contribution >= 0.6 is 0 Å². The van der Waals surface area contributed by atoms with E-state index >= 15 is 0 Å². The molecule has 1 aromatic carbocycles. The quantitative estimate of drug-likeness (QED) is 0.789. The van der Waals surface area contributed by atoms with Gasteiger partial charge < -0.3 is 4.52 Å². The van der Waals surface area contributed by atoms with Crippen LogP contribution in [0.4, 0.5) is 4.39 Å². The summed E-state index contributed by atoms with van der Waals surface area (Å²) < 4.78 is 18.4. The maximum Gasteiger partial charge on any atom is 0.237 e. The first kappa shape index (κ1) is 13.9. The van der Waals surface area contributed by atoms with Crippen molar-refractivity contribution in [1.82, 2.24) is 10.1 Å². The molecule has 3 rings (SSSR count). The van der Waals surface area contributed by atoms with E-state index in [-0.39, 0.29) is 17.5 Å². The average Bonchev–Trinajstić information content (AvgIpc) is 2.82. The van der Waals surface area contributed by atoms with Gasteiger partial charge in [0.2, 0.25) is 11.7 Å². The van der Waals surface area contributed by atoms with Gasteiger partial charge in [-0.3, -0.25) is 4.79 Å². The zero-order chi connectivity index (χ0) is 14.8. The normalized spacial score (nSPS) is 19.5. The predicted molar refractivity (Wildman–Crippen MR) is 75.3 cm³/mol. The van der Waals surface area contributed by atoms with Gasteiger partial charge in [-0.1, -0.05) is 18.0 Å². The molecule has 0 aliphatic heterocycles. The molecule has 0 amide bonds. The summed E-state index contributed by atoms with van der Waals surface area (Å²) in [7, 11) is 0. The van der Waals surface area contributed by atoms with Crippen molar-refractivity contribution in [2.75, 3.05) is 0 Å². The molecule has 0 bridgehead atoms. The minimum atomic E-state index is -0.293. The summed E-state index contributed by atoms with van der Waals surface area (Å²) in [5, 5.41) is 3.96. The summed E-state index contributed by atoms with van der Waals surface area (Å²) in [5.41, 5.74) is 1.47. The maximum absolute atomic E-state index is 13.1. The van der Waals surface area contributed by atoms with Crippen molar-refractivity contribution < 1.29 is 13.7 Å². The molecule has 1 aliphatic rings. The number of rotatable bonds is 2. The van der Waals surface area contributed by atoms with E-state index in [1.807, 2.05) is 0 Å². The van der Waals surface area contributed by atoms with Crippen LogP contribution in [0.5, 0.6) is 0 Å². The van der Waals surface area contributed by atoms with Gasteiger partial charge in [0.15, 0.2) is 0 Å². The van der Waals surface area contributed by atoms with Crippen LogP contribution in [0.3, 0.4) is 0 Å². The van der Waals surface area contributed by atoms with E-state index in [9.17, 15) is 9.18 Å². The fourth-order valence-corrected chi connectivity index (χ4v) is 2.78. The fourth-order valence-electron chi connectivity index (χ4n) is 2.78. The van der Waals surface area contributed by atoms with E-state index in [2.05, 4.69) is 10.1 Å². The molecule has 21 heavy (non-hydrogen) atoms. The maximum atomic E-state index is 13.1. The SMILES string of the molecule is Cc1cc(F)ccc1-c1noc(C2CCCCCC2=O)n1. The Balaban J connectivity index is 1.90. The summed E-state index contributed by atoms with van der Waals surface area (Å²) >= 11 is 0. The van der Waals surface area contributed by atoms with Crippen LogP contribution in [0.1, 0.15) is 49.5 Å². The summed E-state index contributed by atoms with van der Waals surface area (Å²) in [4.78, 5) is 16.5. The average molecular weight is 288 g/mol. The van der Waals surface area contributed by atoms with Gasteiger partial charge in [0.25, 0.3) is 0 Å². The Hall–Kier alpha value is -2.04. The predicted octanol–water partition coefficient (Wildman–Crippen LogP) is 3.80. The molecule has 5 heteroatoms. The van der Waals surface area contributed by atoms with E-state index in [0.717, 1.165) is 36.8 Å². The van der Waals surface area contributed by atoms with Gasteiger partial charge in [-0.2, -0.15) is 4.98 Å². The van der Waals surface area contributed by atoms with Crippen molar-refractivity contribution in [1.29, 1.82) is 0 Å². The molecule has 0 N–H and O–H groups in total. The number of carbonyl (C=O) groups excluding carboxylic acids is 1. The molecule has 1 aromatic heterocycles. The highest BCUT2D eigenvalue weighted by Gasteiger charge is 2.28. The van der Waals surface area contributed by atoms with Crippen molar-refractivity contribution >= 4 is 5.78 Å². The Morgan fingerprint density at radius 1 is 1.29 bits per heavy atom. The second kappa shape index (κ2) is 5.76. The van der Waals surface area contributed by atoms with Gasteiger partial charge in [0.1, 0.15) is 11.6 Å². The van der Waals surface area contributed by atoms with Crippen LogP contribution in [-0.4, -0.2) is 15.9 Å². The first-order valence-corrected chi connectivity index (χ1v) is 7.28. The van der Waals surface area contributed by atoms with Gasteiger partial charge in [-0.05, 0) is 43.5 Å². The fraction of sp³-hybridized carbons (Fsp3) is 0.438. The first-order chi connectivity index (χ1) is 10.1. The number of aromatic nitrogens is 2. The molecule has 0 radical (unpaired) electrons. The number of aryl methyl sites for hydroxylation is 1. The number of hydrogen-bond acceptors (Lipinski definition) is 4. The number of Topliss-reactive ketones (excluding diaryl/α,β-unsaturated/α-hetero) is 1. The van der Waals surface area contributed by atoms with Gasteiger partial charge in [0.05, 0.1) is 5.92 Å². The topological polar surface area (TPSA) is 56.0 Å². The number of ketones is 1. The monoisotopic (exact) mass is 288 g/mol. The largest absolute Gasteiger partial charge is 0.338 e. The van der Waals surface area contributed by atoms with E-state index in [1.54, 1.807) is 13.0 Å². The van der Waals surface area contributed by atoms with Crippen LogP contribution in [0, 0.1) is 12.7 Å². The summed E-state index contributed by atoms with van der Waals surface area (Å²) in [6, 6.07) is 4.44. The lowest BCUT2D eigenvalue weighted by atomic mass is 9.99.